The number of benzene rings is 1. The van der Waals surface area contributed by atoms with E-state index in [1.807, 2.05) is 32.4 Å². The fraction of sp³-hybridized carbons (Fsp3) is 0.500. The predicted molar refractivity (Wildman–Crippen MR) is 97.5 cm³/mol. The molecule has 1 aliphatic heterocycles. The topological polar surface area (TPSA) is 76.4 Å². The van der Waals surface area contributed by atoms with Crippen LogP contribution in [0.5, 0.6) is 5.75 Å². The first kappa shape index (κ1) is 18.2. The molecule has 1 unspecified atom stereocenters. The number of halogens is 1. The number of guanidine groups is 1. The van der Waals surface area contributed by atoms with Crippen LogP contribution in [0.4, 0.5) is 4.39 Å². The van der Waals surface area contributed by atoms with Crippen molar-refractivity contribution < 1.29 is 9.13 Å². The van der Waals surface area contributed by atoms with Crippen LogP contribution in [0.2, 0.25) is 0 Å². The quantitative estimate of drug-likeness (QED) is 0.648. The summed E-state index contributed by atoms with van der Waals surface area (Å²) in [6.07, 6.45) is 0.732. The molecule has 26 heavy (non-hydrogen) atoms. The van der Waals surface area contributed by atoms with Crippen molar-refractivity contribution in [2.75, 3.05) is 7.05 Å². The molecule has 8 heteroatoms. The molecule has 140 valence electrons. The van der Waals surface area contributed by atoms with Crippen LogP contribution in [0, 0.1) is 12.7 Å². The lowest BCUT2D eigenvalue weighted by Crippen LogP contribution is -2.45. The minimum Gasteiger partial charge on any atom is -0.487 e. The number of hydrogen-bond acceptors (Lipinski definition) is 4. The van der Waals surface area contributed by atoms with Crippen LogP contribution in [0.15, 0.2) is 23.2 Å². The summed E-state index contributed by atoms with van der Waals surface area (Å²) < 4.78 is 21.5. The molecular formula is C18H25FN6O. The number of nitrogens with one attached hydrogen (secondary N) is 2. The molecule has 2 aromatic rings. The largest absolute Gasteiger partial charge is 0.487 e. The van der Waals surface area contributed by atoms with Crippen molar-refractivity contribution in [2.45, 2.75) is 45.4 Å². The summed E-state index contributed by atoms with van der Waals surface area (Å²) in [7, 11) is 3.64. The van der Waals surface area contributed by atoms with E-state index in [0.717, 1.165) is 23.6 Å². The van der Waals surface area contributed by atoms with Crippen LogP contribution in [0.3, 0.4) is 0 Å². The van der Waals surface area contributed by atoms with E-state index in [1.165, 1.54) is 12.1 Å². The Kier molecular flexibility index (Phi) is 4.84. The molecule has 7 nitrogen and oxygen atoms in total. The first-order valence-corrected chi connectivity index (χ1v) is 8.59. The van der Waals surface area contributed by atoms with Gasteiger partial charge < -0.3 is 19.9 Å². The van der Waals surface area contributed by atoms with Gasteiger partial charge in [-0.05, 0) is 26.8 Å². The third-order valence-corrected chi connectivity index (χ3v) is 4.56. The SMILES string of the molecule is CN=C(NCc1nnc(C)n1C)NC1CC(C)(C)Oc2cc(F)ccc21. The van der Waals surface area contributed by atoms with Crippen LogP contribution >= 0.6 is 0 Å². The minimum absolute atomic E-state index is 0.0400. The van der Waals surface area contributed by atoms with Crippen LogP contribution in [-0.4, -0.2) is 33.4 Å². The Labute approximate surface area is 152 Å². The standard InChI is InChI=1S/C18H25FN6O/c1-11-23-24-16(25(11)5)10-21-17(20-4)22-14-9-18(2,3)26-15-8-12(19)6-7-13(14)15/h6-8,14H,9-10H2,1-5H3,(H2,20,21,22). The Morgan fingerprint density at radius 3 is 2.85 bits per heavy atom. The number of aliphatic imine (C=N–C) groups is 1. The summed E-state index contributed by atoms with van der Waals surface area (Å²) >= 11 is 0. The molecular weight excluding hydrogens is 335 g/mol. The van der Waals surface area contributed by atoms with Crippen LogP contribution < -0.4 is 15.4 Å². The molecule has 1 atom stereocenters. The summed E-state index contributed by atoms with van der Waals surface area (Å²) in [5.74, 6) is 2.58. The molecule has 0 amide bonds. The monoisotopic (exact) mass is 360 g/mol. The lowest BCUT2D eigenvalue weighted by molar-refractivity contribution is 0.0689. The van der Waals surface area contributed by atoms with Gasteiger partial charge in [0.25, 0.3) is 0 Å². The van der Waals surface area contributed by atoms with E-state index in [2.05, 4.69) is 25.8 Å². The molecule has 0 saturated heterocycles. The Morgan fingerprint density at radius 2 is 2.19 bits per heavy atom. The van der Waals surface area contributed by atoms with Gasteiger partial charge in [-0.3, -0.25) is 4.99 Å². The van der Waals surface area contributed by atoms with E-state index in [4.69, 9.17) is 4.74 Å². The Bertz CT molecular complexity index is 829. The van der Waals surface area contributed by atoms with E-state index < -0.39 is 5.60 Å². The normalized spacial score (nSPS) is 18.8. The zero-order valence-electron chi connectivity index (χ0n) is 15.8. The van der Waals surface area contributed by atoms with E-state index in [0.29, 0.717) is 18.3 Å². The Balaban J connectivity index is 1.75. The fourth-order valence-electron chi connectivity index (χ4n) is 3.08. The van der Waals surface area contributed by atoms with Gasteiger partial charge in [0, 0.05) is 32.1 Å². The molecule has 0 aliphatic carbocycles. The summed E-state index contributed by atoms with van der Waals surface area (Å²) in [4.78, 5) is 4.29. The van der Waals surface area contributed by atoms with Gasteiger partial charge in [0.05, 0.1) is 12.6 Å². The maximum atomic E-state index is 13.6. The molecule has 1 aliphatic rings. The van der Waals surface area contributed by atoms with Gasteiger partial charge in [-0.15, -0.1) is 10.2 Å². The number of hydrogen-bond donors (Lipinski definition) is 2. The van der Waals surface area contributed by atoms with Gasteiger partial charge in [-0.25, -0.2) is 4.39 Å². The Morgan fingerprint density at radius 1 is 1.42 bits per heavy atom. The summed E-state index contributed by atoms with van der Waals surface area (Å²) in [5, 5.41) is 14.9. The molecule has 0 fully saturated rings. The van der Waals surface area contributed by atoms with Crippen molar-refractivity contribution in [3.8, 4) is 5.75 Å². The first-order valence-electron chi connectivity index (χ1n) is 8.59. The predicted octanol–water partition coefficient (Wildman–Crippen LogP) is 2.23. The zero-order valence-corrected chi connectivity index (χ0v) is 15.8. The highest BCUT2D eigenvalue weighted by atomic mass is 19.1. The summed E-state index contributed by atoms with van der Waals surface area (Å²) in [6.45, 7) is 6.39. The zero-order chi connectivity index (χ0) is 18.9. The Hall–Kier alpha value is -2.64. The minimum atomic E-state index is -0.405. The third kappa shape index (κ3) is 3.79. The van der Waals surface area contributed by atoms with Crippen molar-refractivity contribution in [3.05, 3.63) is 41.2 Å². The second kappa shape index (κ2) is 6.93. The molecule has 1 aromatic carbocycles. The van der Waals surface area contributed by atoms with Gasteiger partial charge in [0.2, 0.25) is 0 Å². The first-order chi connectivity index (χ1) is 12.3. The van der Waals surface area contributed by atoms with Gasteiger partial charge in [0.1, 0.15) is 23.0 Å². The van der Waals surface area contributed by atoms with Gasteiger partial charge >= 0.3 is 0 Å². The number of ether oxygens (including phenoxy) is 1. The van der Waals surface area contributed by atoms with E-state index in [1.54, 1.807) is 13.1 Å². The molecule has 1 aromatic heterocycles. The van der Waals surface area contributed by atoms with E-state index >= 15 is 0 Å². The van der Waals surface area contributed by atoms with Crippen molar-refractivity contribution in [1.29, 1.82) is 0 Å². The highest BCUT2D eigenvalue weighted by molar-refractivity contribution is 5.80. The van der Waals surface area contributed by atoms with Gasteiger partial charge in [-0.2, -0.15) is 0 Å². The molecule has 0 radical (unpaired) electrons. The maximum Gasteiger partial charge on any atom is 0.191 e. The van der Waals surface area contributed by atoms with Crippen molar-refractivity contribution >= 4 is 5.96 Å². The molecule has 2 N–H and O–H groups in total. The van der Waals surface area contributed by atoms with Crippen LogP contribution in [-0.2, 0) is 13.6 Å². The second-order valence-electron chi connectivity index (χ2n) is 7.09. The highest BCUT2D eigenvalue weighted by Crippen LogP contribution is 2.39. The van der Waals surface area contributed by atoms with Crippen molar-refractivity contribution in [2.24, 2.45) is 12.0 Å². The fourth-order valence-corrected chi connectivity index (χ4v) is 3.08. The van der Waals surface area contributed by atoms with E-state index in [9.17, 15) is 4.39 Å². The second-order valence-corrected chi connectivity index (χ2v) is 7.09. The number of nitrogens with zero attached hydrogens (tertiary/aromatic N) is 4. The average Bonchev–Trinajstić information content (AvgIpc) is 2.88. The summed E-state index contributed by atoms with van der Waals surface area (Å²) in [6, 6.07) is 4.61. The highest BCUT2D eigenvalue weighted by Gasteiger charge is 2.34. The maximum absolute atomic E-state index is 13.6. The lowest BCUT2D eigenvalue weighted by atomic mass is 9.90. The lowest BCUT2D eigenvalue weighted by Gasteiger charge is -2.38. The molecule has 0 bridgehead atoms. The van der Waals surface area contributed by atoms with Gasteiger partial charge in [-0.1, -0.05) is 6.07 Å². The number of rotatable bonds is 3. The molecule has 0 spiro atoms. The average molecular weight is 360 g/mol. The van der Waals surface area contributed by atoms with E-state index in [-0.39, 0.29) is 11.9 Å². The van der Waals surface area contributed by atoms with Gasteiger partial charge in [0.15, 0.2) is 11.8 Å². The number of aromatic nitrogens is 3. The van der Waals surface area contributed by atoms with Crippen LogP contribution in [0.25, 0.3) is 0 Å². The van der Waals surface area contributed by atoms with Crippen molar-refractivity contribution in [3.63, 3.8) is 0 Å². The molecule has 3 rings (SSSR count). The molecule has 2 heterocycles. The number of aryl methyl sites for hydroxylation is 1. The number of fused-ring (bicyclic) bond motifs is 1. The third-order valence-electron chi connectivity index (χ3n) is 4.56. The van der Waals surface area contributed by atoms with Crippen molar-refractivity contribution in [1.82, 2.24) is 25.4 Å². The van der Waals surface area contributed by atoms with Crippen LogP contribution in [0.1, 0.15) is 43.5 Å². The smallest absolute Gasteiger partial charge is 0.191 e. The summed E-state index contributed by atoms with van der Waals surface area (Å²) in [5.41, 5.74) is 0.515. The molecule has 0 saturated carbocycles.